The predicted molar refractivity (Wildman–Crippen MR) is 97.6 cm³/mol. The van der Waals surface area contributed by atoms with E-state index in [1.54, 1.807) is 44.2 Å². The molecule has 134 valence electrons. The van der Waals surface area contributed by atoms with Gasteiger partial charge in [-0.25, -0.2) is 8.42 Å². The Morgan fingerprint density at radius 3 is 2.36 bits per heavy atom. The molecule has 6 nitrogen and oxygen atoms in total. The third kappa shape index (κ3) is 4.73. The van der Waals surface area contributed by atoms with E-state index < -0.39 is 10.0 Å². The molecule has 0 bridgehead atoms. The lowest BCUT2D eigenvalue weighted by molar-refractivity contribution is 0.0955. The van der Waals surface area contributed by atoms with Gasteiger partial charge in [0.1, 0.15) is 5.75 Å². The first kappa shape index (κ1) is 18.8. The summed E-state index contributed by atoms with van der Waals surface area (Å²) >= 11 is 0. The van der Waals surface area contributed by atoms with E-state index in [9.17, 15) is 13.2 Å². The van der Waals surface area contributed by atoms with E-state index in [0.717, 1.165) is 0 Å². The van der Waals surface area contributed by atoms with Crippen molar-refractivity contribution in [3.63, 3.8) is 0 Å². The minimum absolute atomic E-state index is 0.0354. The third-order valence-electron chi connectivity index (χ3n) is 3.52. The summed E-state index contributed by atoms with van der Waals surface area (Å²) in [4.78, 5) is 12.1. The molecule has 2 N–H and O–H groups in total. The van der Waals surface area contributed by atoms with Crippen LogP contribution >= 0.6 is 0 Å². The fourth-order valence-corrected chi connectivity index (χ4v) is 3.35. The van der Waals surface area contributed by atoms with E-state index in [-0.39, 0.29) is 10.8 Å². The Hall–Kier alpha value is -2.54. The van der Waals surface area contributed by atoms with Gasteiger partial charge >= 0.3 is 0 Å². The highest BCUT2D eigenvalue weighted by molar-refractivity contribution is 7.92. The molecule has 0 aliphatic carbocycles. The van der Waals surface area contributed by atoms with Crippen LogP contribution in [-0.2, 0) is 10.0 Å². The molecule has 0 unspecified atom stereocenters. The van der Waals surface area contributed by atoms with E-state index >= 15 is 0 Å². The van der Waals surface area contributed by atoms with Gasteiger partial charge in [0.2, 0.25) is 0 Å². The van der Waals surface area contributed by atoms with Gasteiger partial charge in [0.05, 0.1) is 11.5 Å². The first-order valence-electron chi connectivity index (χ1n) is 8.02. The molecule has 0 aliphatic rings. The van der Waals surface area contributed by atoms with Crippen molar-refractivity contribution in [1.29, 1.82) is 0 Å². The number of carbonyl (C=O) groups excluding carboxylic acids is 1. The molecule has 0 fully saturated rings. The first-order chi connectivity index (χ1) is 11.9. The normalized spacial score (nSPS) is 11.0. The molecule has 0 atom stereocenters. The van der Waals surface area contributed by atoms with Crippen molar-refractivity contribution < 1.29 is 17.9 Å². The Kier molecular flexibility index (Phi) is 6.03. The summed E-state index contributed by atoms with van der Waals surface area (Å²) in [6, 6.07) is 11.1. The van der Waals surface area contributed by atoms with Gasteiger partial charge in [-0.05, 0) is 62.7 Å². The van der Waals surface area contributed by atoms with Crippen molar-refractivity contribution in [2.45, 2.75) is 25.7 Å². The molecular formula is C18H22N2O4S. The number of amides is 1. The zero-order valence-corrected chi connectivity index (χ0v) is 15.3. The number of hydrogen-bond acceptors (Lipinski definition) is 4. The molecular weight excluding hydrogens is 340 g/mol. The van der Waals surface area contributed by atoms with Crippen molar-refractivity contribution in [3.8, 4) is 5.75 Å². The van der Waals surface area contributed by atoms with Crippen LogP contribution in [0.15, 0.2) is 47.4 Å². The average molecular weight is 362 g/mol. The largest absolute Gasteiger partial charge is 0.494 e. The van der Waals surface area contributed by atoms with Crippen LogP contribution in [0.3, 0.4) is 0 Å². The lowest BCUT2D eigenvalue weighted by Crippen LogP contribution is -2.24. The van der Waals surface area contributed by atoms with Gasteiger partial charge in [-0.15, -0.1) is 0 Å². The molecule has 0 radical (unpaired) electrons. The quantitative estimate of drug-likeness (QED) is 0.793. The fraction of sp³-hybridized carbons (Fsp3) is 0.278. The Labute approximate surface area is 148 Å². The molecule has 0 aromatic heterocycles. The molecule has 2 aromatic carbocycles. The highest BCUT2D eigenvalue weighted by Crippen LogP contribution is 2.21. The van der Waals surface area contributed by atoms with Crippen molar-refractivity contribution >= 4 is 21.6 Å². The predicted octanol–water partition coefficient (Wildman–Crippen LogP) is 2.94. The van der Waals surface area contributed by atoms with Crippen LogP contribution in [0.1, 0.15) is 29.8 Å². The topological polar surface area (TPSA) is 84.5 Å². The molecule has 0 heterocycles. The minimum atomic E-state index is -3.80. The fourth-order valence-electron chi connectivity index (χ4n) is 2.27. The zero-order valence-electron chi connectivity index (χ0n) is 14.5. The Morgan fingerprint density at radius 1 is 1.08 bits per heavy atom. The van der Waals surface area contributed by atoms with Crippen LogP contribution in [0, 0.1) is 6.92 Å². The van der Waals surface area contributed by atoms with Crippen LogP contribution in [0.25, 0.3) is 0 Å². The summed E-state index contributed by atoms with van der Waals surface area (Å²) in [6.45, 7) is 6.46. The second-order valence-corrected chi connectivity index (χ2v) is 7.08. The highest BCUT2D eigenvalue weighted by Gasteiger charge is 2.18. The highest BCUT2D eigenvalue weighted by atomic mass is 32.2. The minimum Gasteiger partial charge on any atom is -0.494 e. The molecule has 1 amide bonds. The van der Waals surface area contributed by atoms with Gasteiger partial charge in [0, 0.05) is 17.8 Å². The second-order valence-electron chi connectivity index (χ2n) is 5.40. The van der Waals surface area contributed by atoms with Crippen molar-refractivity contribution in [3.05, 3.63) is 53.6 Å². The first-order valence-corrected chi connectivity index (χ1v) is 9.50. The van der Waals surface area contributed by atoms with Crippen LogP contribution in [0.4, 0.5) is 5.69 Å². The molecule has 2 aromatic rings. The van der Waals surface area contributed by atoms with E-state index in [0.29, 0.717) is 35.7 Å². The number of carbonyl (C=O) groups is 1. The van der Waals surface area contributed by atoms with Gasteiger partial charge in [-0.3, -0.25) is 9.52 Å². The molecule has 2 rings (SSSR count). The van der Waals surface area contributed by atoms with Gasteiger partial charge in [-0.1, -0.05) is 6.07 Å². The van der Waals surface area contributed by atoms with Crippen LogP contribution in [-0.4, -0.2) is 27.5 Å². The summed E-state index contributed by atoms with van der Waals surface area (Å²) < 4.78 is 33.0. The van der Waals surface area contributed by atoms with E-state index in [1.165, 1.54) is 12.1 Å². The lowest BCUT2D eigenvalue weighted by atomic mass is 10.1. The summed E-state index contributed by atoms with van der Waals surface area (Å²) in [5, 5.41) is 2.68. The molecule has 0 spiro atoms. The number of anilines is 1. The van der Waals surface area contributed by atoms with Crippen LogP contribution in [0.5, 0.6) is 5.75 Å². The summed E-state index contributed by atoms with van der Waals surface area (Å²) in [5.41, 5.74) is 1.48. The van der Waals surface area contributed by atoms with Gasteiger partial charge < -0.3 is 10.1 Å². The lowest BCUT2D eigenvalue weighted by Gasteiger charge is -2.12. The number of sulfonamides is 1. The Morgan fingerprint density at radius 2 is 1.76 bits per heavy atom. The maximum absolute atomic E-state index is 12.6. The average Bonchev–Trinajstić information content (AvgIpc) is 2.57. The third-order valence-corrected chi connectivity index (χ3v) is 4.90. The standard InChI is InChI=1S/C18H22N2O4S/c1-4-19-18(21)17-12-16(11-6-13(17)3)25(22,23)20-14-7-9-15(10-8-14)24-5-2/h6-12,20H,4-5H2,1-3H3,(H,19,21). The molecule has 7 heteroatoms. The van der Waals surface area contributed by atoms with E-state index in [4.69, 9.17) is 4.74 Å². The van der Waals surface area contributed by atoms with Crippen molar-refractivity contribution in [2.75, 3.05) is 17.9 Å². The molecule has 25 heavy (non-hydrogen) atoms. The molecule has 0 saturated carbocycles. The zero-order chi connectivity index (χ0) is 18.4. The van der Waals surface area contributed by atoms with Crippen molar-refractivity contribution in [1.82, 2.24) is 5.32 Å². The van der Waals surface area contributed by atoms with E-state index in [1.807, 2.05) is 6.92 Å². The van der Waals surface area contributed by atoms with Crippen LogP contribution < -0.4 is 14.8 Å². The maximum atomic E-state index is 12.6. The summed E-state index contributed by atoms with van der Waals surface area (Å²) in [6.07, 6.45) is 0. The second kappa shape index (κ2) is 8.02. The summed E-state index contributed by atoms with van der Waals surface area (Å²) in [5.74, 6) is 0.373. The number of ether oxygens (including phenoxy) is 1. The SMILES string of the molecule is CCNC(=O)c1cc(S(=O)(=O)Nc2ccc(OCC)cc2)ccc1C. The molecule has 0 saturated heterocycles. The smallest absolute Gasteiger partial charge is 0.261 e. The number of benzene rings is 2. The summed E-state index contributed by atoms with van der Waals surface area (Å²) in [7, 11) is -3.80. The van der Waals surface area contributed by atoms with Gasteiger partial charge in [0.15, 0.2) is 0 Å². The van der Waals surface area contributed by atoms with Gasteiger partial charge in [-0.2, -0.15) is 0 Å². The number of rotatable bonds is 7. The van der Waals surface area contributed by atoms with Gasteiger partial charge in [0.25, 0.3) is 15.9 Å². The number of nitrogens with one attached hydrogen (secondary N) is 2. The Bertz CT molecular complexity index is 846. The number of aryl methyl sites for hydroxylation is 1. The number of hydrogen-bond donors (Lipinski definition) is 2. The van der Waals surface area contributed by atoms with Crippen molar-refractivity contribution in [2.24, 2.45) is 0 Å². The Balaban J connectivity index is 2.27. The maximum Gasteiger partial charge on any atom is 0.261 e. The van der Waals surface area contributed by atoms with E-state index in [2.05, 4.69) is 10.0 Å². The monoisotopic (exact) mass is 362 g/mol. The van der Waals surface area contributed by atoms with Crippen LogP contribution in [0.2, 0.25) is 0 Å². The molecule has 0 aliphatic heterocycles.